The maximum Gasteiger partial charge on any atom is 0.0284 e. The Hall–Kier alpha value is -0.300. The van der Waals surface area contributed by atoms with Gasteiger partial charge in [-0.15, -0.1) is 0 Å². The molecule has 4 fully saturated rings. The predicted molar refractivity (Wildman–Crippen MR) is 77.2 cm³/mol. The van der Waals surface area contributed by atoms with E-state index in [1.807, 2.05) is 0 Å². The maximum absolute atomic E-state index is 6.62. The van der Waals surface area contributed by atoms with Crippen molar-refractivity contribution < 1.29 is 0 Å². The minimum absolute atomic E-state index is 0.282. The molecule has 0 spiro atoms. The molecule has 1 heteroatoms. The standard InChI is InChI=1S/C17H29N/c1-12(2)5-14(18)17-8-13-6-15(3,10-17)9-16(4,7-13)11-17/h5,13-14H,6-11,18H2,1-4H3. The number of nitrogens with two attached hydrogens (primary N) is 1. The van der Waals surface area contributed by atoms with Gasteiger partial charge in [0.15, 0.2) is 0 Å². The van der Waals surface area contributed by atoms with Gasteiger partial charge in [0.1, 0.15) is 0 Å². The summed E-state index contributed by atoms with van der Waals surface area (Å²) in [6.07, 6.45) is 10.8. The molecule has 0 aliphatic heterocycles. The van der Waals surface area contributed by atoms with Crippen LogP contribution in [0.1, 0.15) is 66.2 Å². The fourth-order valence-corrected chi connectivity index (χ4v) is 6.44. The van der Waals surface area contributed by atoms with Gasteiger partial charge in [0.25, 0.3) is 0 Å². The van der Waals surface area contributed by atoms with E-state index in [0.29, 0.717) is 16.2 Å². The topological polar surface area (TPSA) is 26.0 Å². The molecular formula is C17H29N. The molecule has 2 N–H and O–H groups in total. The molecule has 0 amide bonds. The molecule has 3 unspecified atom stereocenters. The van der Waals surface area contributed by atoms with E-state index in [0.717, 1.165) is 5.92 Å². The number of rotatable bonds is 2. The second kappa shape index (κ2) is 3.62. The maximum atomic E-state index is 6.62. The van der Waals surface area contributed by atoms with Crippen LogP contribution in [0.2, 0.25) is 0 Å². The molecule has 0 heterocycles. The zero-order valence-electron chi connectivity index (χ0n) is 12.6. The molecule has 0 aromatic carbocycles. The molecule has 0 aromatic heterocycles. The van der Waals surface area contributed by atoms with Gasteiger partial charge in [-0.1, -0.05) is 25.5 Å². The van der Waals surface area contributed by atoms with Crippen molar-refractivity contribution in [3.8, 4) is 0 Å². The van der Waals surface area contributed by atoms with Gasteiger partial charge in [-0.05, 0) is 74.5 Å². The third-order valence-corrected chi connectivity index (χ3v) is 5.89. The quantitative estimate of drug-likeness (QED) is 0.724. The Morgan fingerprint density at radius 3 is 2.06 bits per heavy atom. The first kappa shape index (κ1) is 12.7. The Bertz CT molecular complexity index is 372. The van der Waals surface area contributed by atoms with Crippen molar-refractivity contribution in [3.05, 3.63) is 11.6 Å². The fraction of sp³-hybridized carbons (Fsp3) is 0.882. The van der Waals surface area contributed by atoms with E-state index in [1.54, 1.807) is 0 Å². The van der Waals surface area contributed by atoms with Crippen LogP contribution in [0.5, 0.6) is 0 Å². The Labute approximate surface area is 112 Å². The van der Waals surface area contributed by atoms with Crippen LogP contribution in [0.15, 0.2) is 11.6 Å². The van der Waals surface area contributed by atoms with Crippen molar-refractivity contribution in [2.45, 2.75) is 72.3 Å². The summed E-state index contributed by atoms with van der Waals surface area (Å²) in [6.45, 7) is 9.42. The summed E-state index contributed by atoms with van der Waals surface area (Å²) >= 11 is 0. The smallest absolute Gasteiger partial charge is 0.0284 e. The normalized spacial score (nSPS) is 51.3. The van der Waals surface area contributed by atoms with Crippen LogP contribution in [0.4, 0.5) is 0 Å². The monoisotopic (exact) mass is 247 g/mol. The first-order chi connectivity index (χ1) is 8.24. The minimum atomic E-state index is 0.282. The van der Waals surface area contributed by atoms with E-state index in [2.05, 4.69) is 33.8 Å². The molecule has 4 aliphatic carbocycles. The van der Waals surface area contributed by atoms with Crippen molar-refractivity contribution in [1.82, 2.24) is 0 Å². The largest absolute Gasteiger partial charge is 0.324 e. The average molecular weight is 247 g/mol. The molecule has 1 nitrogen and oxygen atoms in total. The van der Waals surface area contributed by atoms with E-state index in [9.17, 15) is 0 Å². The van der Waals surface area contributed by atoms with Crippen LogP contribution < -0.4 is 5.73 Å². The van der Waals surface area contributed by atoms with Crippen LogP contribution >= 0.6 is 0 Å². The zero-order chi connectivity index (χ0) is 13.2. The second-order valence-corrected chi connectivity index (χ2v) is 8.76. The van der Waals surface area contributed by atoms with Gasteiger partial charge in [0.2, 0.25) is 0 Å². The van der Waals surface area contributed by atoms with E-state index in [1.165, 1.54) is 44.1 Å². The highest BCUT2D eigenvalue weighted by molar-refractivity contribution is 5.17. The SMILES string of the molecule is CC(C)=CC(N)C12CC3CC(C)(CC(C)(C3)C1)C2. The van der Waals surface area contributed by atoms with E-state index >= 15 is 0 Å². The van der Waals surface area contributed by atoms with Gasteiger partial charge in [0, 0.05) is 6.04 Å². The molecule has 3 atom stereocenters. The summed E-state index contributed by atoms with van der Waals surface area (Å²) in [7, 11) is 0. The molecule has 0 radical (unpaired) electrons. The minimum Gasteiger partial charge on any atom is -0.324 e. The van der Waals surface area contributed by atoms with Gasteiger partial charge < -0.3 is 5.73 Å². The Morgan fingerprint density at radius 2 is 1.61 bits per heavy atom. The fourth-order valence-electron chi connectivity index (χ4n) is 6.44. The summed E-state index contributed by atoms with van der Waals surface area (Å²) in [6, 6.07) is 0.282. The molecule has 0 saturated heterocycles. The van der Waals surface area contributed by atoms with E-state index < -0.39 is 0 Å². The summed E-state index contributed by atoms with van der Waals surface area (Å²) < 4.78 is 0. The molecular weight excluding hydrogens is 218 g/mol. The van der Waals surface area contributed by atoms with Crippen LogP contribution in [0, 0.1) is 22.2 Å². The Morgan fingerprint density at radius 1 is 1.06 bits per heavy atom. The summed E-state index contributed by atoms with van der Waals surface area (Å²) in [5.74, 6) is 0.952. The van der Waals surface area contributed by atoms with Crippen molar-refractivity contribution >= 4 is 0 Å². The van der Waals surface area contributed by atoms with Crippen molar-refractivity contribution in [1.29, 1.82) is 0 Å². The zero-order valence-corrected chi connectivity index (χ0v) is 12.6. The molecule has 4 aliphatic rings. The van der Waals surface area contributed by atoms with Gasteiger partial charge in [-0.25, -0.2) is 0 Å². The molecule has 102 valence electrons. The van der Waals surface area contributed by atoms with Gasteiger partial charge in [-0.3, -0.25) is 0 Å². The number of hydrogen-bond donors (Lipinski definition) is 1. The average Bonchev–Trinajstić information content (AvgIpc) is 2.09. The third kappa shape index (κ3) is 1.86. The molecule has 4 bridgehead atoms. The Balaban J connectivity index is 1.96. The highest BCUT2D eigenvalue weighted by Gasteiger charge is 2.61. The lowest BCUT2D eigenvalue weighted by Gasteiger charge is -2.66. The Kier molecular flexibility index (Phi) is 2.56. The lowest BCUT2D eigenvalue weighted by Crippen LogP contribution is -2.60. The second-order valence-electron chi connectivity index (χ2n) is 8.76. The molecule has 4 saturated carbocycles. The number of allylic oxidation sites excluding steroid dienone is 1. The summed E-state index contributed by atoms with van der Waals surface area (Å²) in [5.41, 5.74) is 9.58. The first-order valence-corrected chi connectivity index (χ1v) is 7.65. The predicted octanol–water partition coefficient (Wildman–Crippen LogP) is 4.28. The first-order valence-electron chi connectivity index (χ1n) is 7.65. The molecule has 0 aromatic rings. The van der Waals surface area contributed by atoms with Gasteiger partial charge in [0.05, 0.1) is 0 Å². The van der Waals surface area contributed by atoms with Crippen LogP contribution in [0.3, 0.4) is 0 Å². The molecule has 18 heavy (non-hydrogen) atoms. The van der Waals surface area contributed by atoms with Crippen molar-refractivity contribution in [3.63, 3.8) is 0 Å². The third-order valence-electron chi connectivity index (χ3n) is 5.89. The lowest BCUT2D eigenvalue weighted by atomic mass is 9.39. The lowest BCUT2D eigenvalue weighted by molar-refractivity contribution is -0.148. The van der Waals surface area contributed by atoms with Crippen LogP contribution in [-0.2, 0) is 0 Å². The van der Waals surface area contributed by atoms with E-state index in [4.69, 9.17) is 5.73 Å². The highest BCUT2D eigenvalue weighted by Crippen LogP contribution is 2.70. The van der Waals surface area contributed by atoms with Gasteiger partial charge in [-0.2, -0.15) is 0 Å². The summed E-state index contributed by atoms with van der Waals surface area (Å²) in [4.78, 5) is 0. The van der Waals surface area contributed by atoms with Crippen LogP contribution in [0.25, 0.3) is 0 Å². The number of hydrogen-bond acceptors (Lipinski definition) is 1. The molecule has 4 rings (SSSR count). The van der Waals surface area contributed by atoms with Crippen molar-refractivity contribution in [2.75, 3.05) is 0 Å². The highest BCUT2D eigenvalue weighted by atomic mass is 14.8. The van der Waals surface area contributed by atoms with Crippen molar-refractivity contribution in [2.24, 2.45) is 27.9 Å². The van der Waals surface area contributed by atoms with E-state index in [-0.39, 0.29) is 6.04 Å². The van der Waals surface area contributed by atoms with Crippen LogP contribution in [-0.4, -0.2) is 6.04 Å². The summed E-state index contributed by atoms with van der Waals surface area (Å²) in [5, 5.41) is 0. The van der Waals surface area contributed by atoms with Gasteiger partial charge >= 0.3 is 0 Å².